The molecule has 1 aliphatic rings. The fourth-order valence-electron chi connectivity index (χ4n) is 3.70. The average molecular weight is 473 g/mol. The molecule has 8 nitrogen and oxygen atoms in total. The zero-order valence-corrected chi connectivity index (χ0v) is 19.0. The van der Waals surface area contributed by atoms with Gasteiger partial charge in [-0.2, -0.15) is 0 Å². The summed E-state index contributed by atoms with van der Waals surface area (Å²) in [6.45, 7) is 3.99. The molecule has 32 heavy (non-hydrogen) atoms. The van der Waals surface area contributed by atoms with Crippen LogP contribution < -0.4 is 10.6 Å². The van der Waals surface area contributed by atoms with Crippen molar-refractivity contribution in [3.05, 3.63) is 64.4 Å². The fraction of sp³-hybridized carbons (Fsp3) is 0.318. The van der Waals surface area contributed by atoms with Gasteiger partial charge in [-0.1, -0.05) is 29.3 Å². The molecule has 10 heteroatoms. The number of aliphatic hydroxyl groups is 1. The topological polar surface area (TPSA) is 113 Å². The fourth-order valence-corrected chi connectivity index (χ4v) is 4.00. The van der Waals surface area contributed by atoms with Crippen molar-refractivity contribution in [2.45, 2.75) is 31.9 Å². The van der Waals surface area contributed by atoms with Gasteiger partial charge in [0, 0.05) is 36.6 Å². The summed E-state index contributed by atoms with van der Waals surface area (Å²) in [6, 6.07) is 6.77. The number of amides is 1. The molecule has 0 saturated carbocycles. The second-order valence-corrected chi connectivity index (χ2v) is 8.57. The van der Waals surface area contributed by atoms with Crippen molar-refractivity contribution in [3.8, 4) is 11.1 Å². The molecular weight excluding hydrogens is 451 g/mol. The lowest BCUT2D eigenvalue weighted by Crippen LogP contribution is -2.25. The molecule has 0 spiro atoms. The van der Waals surface area contributed by atoms with E-state index in [2.05, 4.69) is 30.6 Å². The highest BCUT2D eigenvalue weighted by molar-refractivity contribution is 6.42. The predicted molar refractivity (Wildman–Crippen MR) is 122 cm³/mol. The molecule has 1 unspecified atom stereocenters. The number of rotatable bonds is 6. The molecule has 0 aliphatic carbocycles. The zero-order valence-electron chi connectivity index (χ0n) is 17.5. The molecule has 1 saturated heterocycles. The van der Waals surface area contributed by atoms with E-state index in [1.807, 2.05) is 13.0 Å². The lowest BCUT2D eigenvalue weighted by molar-refractivity contribution is -0.121. The molecule has 1 aromatic carbocycles. The minimum absolute atomic E-state index is 0.144. The predicted octanol–water partition coefficient (Wildman–Crippen LogP) is 3.62. The molecule has 0 bridgehead atoms. The van der Waals surface area contributed by atoms with E-state index in [-0.39, 0.29) is 17.9 Å². The Bertz CT molecular complexity index is 1130. The second kappa shape index (κ2) is 9.36. The number of carbonyl (C=O) groups excluding carboxylic acids is 1. The Hall–Kier alpha value is -2.81. The minimum Gasteiger partial charge on any atom is -0.393 e. The molecule has 3 N–H and O–H groups in total. The molecule has 4 atom stereocenters. The van der Waals surface area contributed by atoms with Crippen LogP contribution in [0.25, 0.3) is 11.1 Å². The third-order valence-electron chi connectivity index (χ3n) is 5.50. The van der Waals surface area contributed by atoms with E-state index in [1.165, 1.54) is 0 Å². The van der Waals surface area contributed by atoms with Crippen LogP contribution in [0.4, 0.5) is 5.95 Å². The molecule has 1 fully saturated rings. The van der Waals surface area contributed by atoms with Gasteiger partial charge in [-0.25, -0.2) is 19.9 Å². The first-order chi connectivity index (χ1) is 15.3. The third kappa shape index (κ3) is 4.67. The Kier molecular flexibility index (Phi) is 6.55. The lowest BCUT2D eigenvalue weighted by atomic mass is 9.88. The largest absolute Gasteiger partial charge is 0.393 e. The highest BCUT2D eigenvalue weighted by atomic mass is 35.5. The number of nitrogens with one attached hydrogen (secondary N) is 2. The summed E-state index contributed by atoms with van der Waals surface area (Å²) in [4.78, 5) is 30.0. The molecule has 2 aromatic heterocycles. The minimum atomic E-state index is -0.633. The molecule has 3 heterocycles. The Labute approximate surface area is 195 Å². The Balaban J connectivity index is 1.49. The Morgan fingerprint density at radius 3 is 2.53 bits per heavy atom. The number of aliphatic hydroxyl groups excluding tert-OH is 1. The summed E-state index contributed by atoms with van der Waals surface area (Å²) in [7, 11) is 0. The first kappa shape index (κ1) is 22.4. The van der Waals surface area contributed by atoms with Crippen molar-refractivity contribution < 1.29 is 9.90 Å². The summed E-state index contributed by atoms with van der Waals surface area (Å²) >= 11 is 12.1. The number of benzene rings is 1. The SMILES string of the molecule is C[C@H](Nc1nccc([C@@H]2C(=O)NCC2[C@@H](C)O)n1)c1ncc(-c2ccc(Cl)c(Cl)c2)cn1. The maximum Gasteiger partial charge on any atom is 0.229 e. The monoisotopic (exact) mass is 472 g/mol. The smallest absolute Gasteiger partial charge is 0.229 e. The van der Waals surface area contributed by atoms with Crippen LogP contribution in [0.2, 0.25) is 10.0 Å². The van der Waals surface area contributed by atoms with E-state index < -0.39 is 12.0 Å². The van der Waals surface area contributed by atoms with E-state index in [9.17, 15) is 9.90 Å². The maximum atomic E-state index is 12.3. The number of halogens is 2. The van der Waals surface area contributed by atoms with Crippen molar-refractivity contribution in [2.24, 2.45) is 5.92 Å². The summed E-state index contributed by atoms with van der Waals surface area (Å²) in [5, 5.41) is 16.9. The van der Waals surface area contributed by atoms with Gasteiger partial charge in [0.25, 0.3) is 0 Å². The summed E-state index contributed by atoms with van der Waals surface area (Å²) in [5.41, 5.74) is 2.24. The van der Waals surface area contributed by atoms with Gasteiger partial charge in [-0.3, -0.25) is 4.79 Å². The van der Waals surface area contributed by atoms with Crippen molar-refractivity contribution in [2.75, 3.05) is 11.9 Å². The van der Waals surface area contributed by atoms with E-state index in [4.69, 9.17) is 23.2 Å². The van der Waals surface area contributed by atoms with Gasteiger partial charge >= 0.3 is 0 Å². The summed E-state index contributed by atoms with van der Waals surface area (Å²) in [6.07, 6.45) is 4.39. The van der Waals surface area contributed by atoms with Gasteiger partial charge in [0.2, 0.25) is 11.9 Å². The molecule has 1 aliphatic heterocycles. The van der Waals surface area contributed by atoms with Crippen molar-refractivity contribution >= 4 is 35.1 Å². The molecule has 4 rings (SSSR count). The van der Waals surface area contributed by atoms with Gasteiger partial charge in [0.1, 0.15) is 5.82 Å². The van der Waals surface area contributed by atoms with Crippen LogP contribution in [0, 0.1) is 5.92 Å². The molecule has 166 valence electrons. The van der Waals surface area contributed by atoms with Crippen LogP contribution >= 0.6 is 23.2 Å². The van der Waals surface area contributed by atoms with Crippen LogP contribution in [0.1, 0.15) is 37.3 Å². The third-order valence-corrected chi connectivity index (χ3v) is 6.23. The number of hydrogen-bond donors (Lipinski definition) is 3. The van der Waals surface area contributed by atoms with Gasteiger partial charge in [-0.15, -0.1) is 0 Å². The number of aromatic nitrogens is 4. The van der Waals surface area contributed by atoms with E-state index >= 15 is 0 Å². The molecule has 0 radical (unpaired) electrons. The quantitative estimate of drug-likeness (QED) is 0.501. The number of nitrogens with zero attached hydrogens (tertiary/aromatic N) is 4. The number of hydrogen-bond acceptors (Lipinski definition) is 7. The average Bonchev–Trinajstić information content (AvgIpc) is 3.18. The van der Waals surface area contributed by atoms with Crippen molar-refractivity contribution in [1.82, 2.24) is 25.3 Å². The number of carbonyl (C=O) groups is 1. The number of anilines is 1. The van der Waals surface area contributed by atoms with Crippen LogP contribution in [-0.2, 0) is 4.79 Å². The Morgan fingerprint density at radius 1 is 1.09 bits per heavy atom. The molecule has 3 aromatic rings. The second-order valence-electron chi connectivity index (χ2n) is 7.76. The molecule has 1 amide bonds. The van der Waals surface area contributed by atoms with Crippen LogP contribution in [-0.4, -0.2) is 43.6 Å². The van der Waals surface area contributed by atoms with Gasteiger partial charge in [-0.05, 0) is 37.6 Å². The maximum absolute atomic E-state index is 12.3. The van der Waals surface area contributed by atoms with Crippen molar-refractivity contribution in [1.29, 1.82) is 0 Å². The van der Waals surface area contributed by atoms with Gasteiger partial charge < -0.3 is 15.7 Å². The van der Waals surface area contributed by atoms with Crippen LogP contribution in [0.15, 0.2) is 42.9 Å². The van der Waals surface area contributed by atoms with Crippen LogP contribution in [0.3, 0.4) is 0 Å². The zero-order chi connectivity index (χ0) is 22.8. The van der Waals surface area contributed by atoms with Gasteiger partial charge in [0.05, 0.1) is 33.8 Å². The molecular formula is C22H22Cl2N6O2. The van der Waals surface area contributed by atoms with Crippen LogP contribution in [0.5, 0.6) is 0 Å². The van der Waals surface area contributed by atoms with Crippen molar-refractivity contribution in [3.63, 3.8) is 0 Å². The van der Waals surface area contributed by atoms with E-state index in [0.717, 1.165) is 11.1 Å². The summed E-state index contributed by atoms with van der Waals surface area (Å²) < 4.78 is 0. The van der Waals surface area contributed by atoms with Gasteiger partial charge in [0.15, 0.2) is 0 Å². The van der Waals surface area contributed by atoms with E-state index in [0.29, 0.717) is 34.1 Å². The first-order valence-electron chi connectivity index (χ1n) is 10.2. The highest BCUT2D eigenvalue weighted by Gasteiger charge is 2.39. The highest BCUT2D eigenvalue weighted by Crippen LogP contribution is 2.31. The normalized spacial score (nSPS) is 20.0. The Morgan fingerprint density at radius 2 is 1.84 bits per heavy atom. The summed E-state index contributed by atoms with van der Waals surface area (Å²) in [5.74, 6) is 0.0183. The lowest BCUT2D eigenvalue weighted by Gasteiger charge is -2.19. The standard InChI is InChI=1S/C22H22Cl2N6O2/c1-11(20-26-8-14(9-27-20)13-3-4-16(23)17(24)7-13)29-22-25-6-5-18(30-22)19-15(12(2)31)10-28-21(19)32/h3-9,11-12,15,19,31H,10H2,1-2H3,(H,28,32)(H,25,29,30)/t11-,12+,15?,19+/m0/s1. The van der Waals surface area contributed by atoms with E-state index in [1.54, 1.807) is 43.7 Å². The first-order valence-corrected chi connectivity index (χ1v) is 10.9.